The maximum atomic E-state index is 4.52. The third-order valence-corrected chi connectivity index (χ3v) is 2.96. The molecule has 0 spiro atoms. The van der Waals surface area contributed by atoms with Gasteiger partial charge in [0.15, 0.2) is 0 Å². The maximum Gasteiger partial charge on any atom is 0.116 e. The molecule has 0 fully saturated rings. The first-order chi connectivity index (χ1) is 9.74. The number of rotatable bonds is 2. The molecule has 3 heterocycles. The maximum absolute atomic E-state index is 4.52. The van der Waals surface area contributed by atoms with Gasteiger partial charge in [-0.15, -0.1) is 0 Å². The van der Waals surface area contributed by atoms with E-state index in [1.165, 1.54) is 0 Å². The standard InChI is InChI=1S/C16H14N4/c1-11-5-3-7-13(19-11)15-16(18-10-9-17-15)14-8-4-6-12(2)20-14/h3-10H,1-2H3. The SMILES string of the molecule is Cc1cccc(-c2nccnc2-c2cccc(C)n2)n1. The average Bonchev–Trinajstić information content (AvgIpc) is 2.47. The van der Waals surface area contributed by atoms with E-state index >= 15 is 0 Å². The summed E-state index contributed by atoms with van der Waals surface area (Å²) in [4.78, 5) is 17.9. The van der Waals surface area contributed by atoms with Crippen LogP contribution in [0.25, 0.3) is 22.8 Å². The fourth-order valence-electron chi connectivity index (χ4n) is 2.06. The second-order valence-electron chi connectivity index (χ2n) is 4.58. The molecule has 0 amide bonds. The van der Waals surface area contributed by atoms with E-state index in [1.54, 1.807) is 12.4 Å². The summed E-state index contributed by atoms with van der Waals surface area (Å²) >= 11 is 0. The lowest BCUT2D eigenvalue weighted by Gasteiger charge is -2.07. The van der Waals surface area contributed by atoms with Gasteiger partial charge in [-0.1, -0.05) is 12.1 Å². The van der Waals surface area contributed by atoms with Crippen molar-refractivity contribution in [1.82, 2.24) is 19.9 Å². The van der Waals surface area contributed by atoms with Crippen LogP contribution in [0.5, 0.6) is 0 Å². The van der Waals surface area contributed by atoms with Gasteiger partial charge in [-0.3, -0.25) is 19.9 Å². The zero-order valence-electron chi connectivity index (χ0n) is 11.4. The van der Waals surface area contributed by atoms with Gasteiger partial charge < -0.3 is 0 Å². The molecule has 0 unspecified atom stereocenters. The zero-order chi connectivity index (χ0) is 13.9. The van der Waals surface area contributed by atoms with Crippen molar-refractivity contribution in [2.45, 2.75) is 13.8 Å². The summed E-state index contributed by atoms with van der Waals surface area (Å²) in [5.41, 5.74) is 5.06. The van der Waals surface area contributed by atoms with Crippen molar-refractivity contribution in [2.75, 3.05) is 0 Å². The molecule has 0 aliphatic rings. The van der Waals surface area contributed by atoms with Crippen LogP contribution in [0.4, 0.5) is 0 Å². The van der Waals surface area contributed by atoms with Gasteiger partial charge in [-0.2, -0.15) is 0 Å². The second-order valence-corrected chi connectivity index (χ2v) is 4.58. The van der Waals surface area contributed by atoms with E-state index in [-0.39, 0.29) is 0 Å². The first-order valence-electron chi connectivity index (χ1n) is 6.43. The monoisotopic (exact) mass is 262 g/mol. The highest BCUT2D eigenvalue weighted by Gasteiger charge is 2.12. The summed E-state index contributed by atoms with van der Waals surface area (Å²) in [6, 6.07) is 11.8. The first-order valence-corrected chi connectivity index (χ1v) is 6.43. The molecule has 0 N–H and O–H groups in total. The van der Waals surface area contributed by atoms with Crippen LogP contribution in [0, 0.1) is 13.8 Å². The van der Waals surface area contributed by atoms with Crippen LogP contribution in [-0.4, -0.2) is 19.9 Å². The minimum Gasteiger partial charge on any atom is -0.251 e. The van der Waals surface area contributed by atoms with Gasteiger partial charge in [0.05, 0.1) is 11.4 Å². The van der Waals surface area contributed by atoms with E-state index < -0.39 is 0 Å². The summed E-state index contributed by atoms with van der Waals surface area (Å²) in [5, 5.41) is 0. The van der Waals surface area contributed by atoms with Crippen LogP contribution in [0.15, 0.2) is 48.8 Å². The molecule has 3 aromatic rings. The van der Waals surface area contributed by atoms with Gasteiger partial charge in [0.1, 0.15) is 11.4 Å². The number of hydrogen-bond donors (Lipinski definition) is 0. The lowest BCUT2D eigenvalue weighted by molar-refractivity contribution is 1.12. The molecule has 4 nitrogen and oxygen atoms in total. The highest BCUT2D eigenvalue weighted by atomic mass is 14.9. The minimum atomic E-state index is 0.759. The van der Waals surface area contributed by atoms with E-state index in [0.717, 1.165) is 34.2 Å². The molecule has 0 bridgehead atoms. The lowest BCUT2D eigenvalue weighted by Crippen LogP contribution is -1.97. The molecule has 98 valence electrons. The predicted octanol–water partition coefficient (Wildman–Crippen LogP) is 3.22. The normalized spacial score (nSPS) is 10.5. The summed E-state index contributed by atoms with van der Waals surface area (Å²) in [6.07, 6.45) is 3.36. The Kier molecular flexibility index (Phi) is 3.21. The van der Waals surface area contributed by atoms with Crippen LogP contribution in [0.2, 0.25) is 0 Å². The Balaban J connectivity index is 2.18. The molecule has 0 saturated carbocycles. The van der Waals surface area contributed by atoms with E-state index in [4.69, 9.17) is 0 Å². The number of hydrogen-bond acceptors (Lipinski definition) is 4. The fraction of sp³-hybridized carbons (Fsp3) is 0.125. The Morgan fingerprint density at radius 2 is 1.10 bits per heavy atom. The lowest BCUT2D eigenvalue weighted by atomic mass is 10.1. The third kappa shape index (κ3) is 2.40. The van der Waals surface area contributed by atoms with Gasteiger partial charge in [-0.05, 0) is 38.1 Å². The molecule has 0 aliphatic carbocycles. The molecule has 3 rings (SSSR count). The molecule has 0 saturated heterocycles. The number of pyridine rings is 2. The quantitative estimate of drug-likeness (QED) is 0.711. The topological polar surface area (TPSA) is 51.6 Å². The van der Waals surface area contributed by atoms with E-state index in [9.17, 15) is 0 Å². The van der Waals surface area contributed by atoms with Crippen molar-refractivity contribution in [3.63, 3.8) is 0 Å². The van der Waals surface area contributed by atoms with Crippen LogP contribution < -0.4 is 0 Å². The number of aryl methyl sites for hydroxylation is 2. The summed E-state index contributed by atoms with van der Waals surface area (Å²) in [5.74, 6) is 0. The average molecular weight is 262 g/mol. The van der Waals surface area contributed by atoms with E-state index in [1.807, 2.05) is 50.2 Å². The van der Waals surface area contributed by atoms with Gasteiger partial charge >= 0.3 is 0 Å². The molecule has 4 heteroatoms. The second kappa shape index (κ2) is 5.17. The smallest absolute Gasteiger partial charge is 0.116 e. The number of nitrogens with zero attached hydrogens (tertiary/aromatic N) is 4. The molecule has 3 aromatic heterocycles. The molecule has 0 radical (unpaired) electrons. The van der Waals surface area contributed by atoms with Crippen molar-refractivity contribution >= 4 is 0 Å². The van der Waals surface area contributed by atoms with Crippen molar-refractivity contribution in [1.29, 1.82) is 0 Å². The van der Waals surface area contributed by atoms with Gasteiger partial charge in [0.25, 0.3) is 0 Å². The Morgan fingerprint density at radius 1 is 0.650 bits per heavy atom. The van der Waals surface area contributed by atoms with Crippen molar-refractivity contribution in [3.8, 4) is 22.8 Å². The summed E-state index contributed by atoms with van der Waals surface area (Å²) < 4.78 is 0. The largest absolute Gasteiger partial charge is 0.251 e. The molecule has 0 aromatic carbocycles. The van der Waals surface area contributed by atoms with Gasteiger partial charge in [0.2, 0.25) is 0 Å². The fourth-order valence-corrected chi connectivity index (χ4v) is 2.06. The first kappa shape index (κ1) is 12.4. The number of aromatic nitrogens is 4. The van der Waals surface area contributed by atoms with Crippen molar-refractivity contribution < 1.29 is 0 Å². The Labute approximate surface area is 117 Å². The van der Waals surface area contributed by atoms with Crippen LogP contribution in [0.1, 0.15) is 11.4 Å². The Hall–Kier alpha value is -2.62. The highest BCUT2D eigenvalue weighted by Crippen LogP contribution is 2.25. The van der Waals surface area contributed by atoms with Crippen molar-refractivity contribution in [2.24, 2.45) is 0 Å². The summed E-state index contributed by atoms with van der Waals surface area (Å²) in [6.45, 7) is 3.93. The molecule has 0 aliphatic heterocycles. The Bertz CT molecular complexity index is 688. The molecule has 0 atom stereocenters. The molecular weight excluding hydrogens is 248 g/mol. The van der Waals surface area contributed by atoms with Crippen LogP contribution in [0.3, 0.4) is 0 Å². The summed E-state index contributed by atoms with van der Waals surface area (Å²) in [7, 11) is 0. The minimum absolute atomic E-state index is 0.759. The predicted molar refractivity (Wildman–Crippen MR) is 78.0 cm³/mol. The van der Waals surface area contributed by atoms with E-state index in [2.05, 4.69) is 19.9 Å². The van der Waals surface area contributed by atoms with Gasteiger partial charge in [0, 0.05) is 23.8 Å². The molecule has 20 heavy (non-hydrogen) atoms. The van der Waals surface area contributed by atoms with E-state index in [0.29, 0.717) is 0 Å². The van der Waals surface area contributed by atoms with Crippen LogP contribution >= 0.6 is 0 Å². The molecular formula is C16H14N4. The Morgan fingerprint density at radius 3 is 1.50 bits per heavy atom. The van der Waals surface area contributed by atoms with Crippen molar-refractivity contribution in [3.05, 3.63) is 60.2 Å². The highest BCUT2D eigenvalue weighted by molar-refractivity contribution is 5.73. The zero-order valence-corrected chi connectivity index (χ0v) is 11.4. The third-order valence-electron chi connectivity index (χ3n) is 2.96. The van der Waals surface area contributed by atoms with Gasteiger partial charge in [-0.25, -0.2) is 0 Å². The van der Waals surface area contributed by atoms with Crippen LogP contribution in [-0.2, 0) is 0 Å².